The van der Waals surface area contributed by atoms with E-state index in [9.17, 15) is 5.11 Å². The molecule has 0 amide bonds. The SMILES string of the molecule is CC(O)C(N)c1nn2c(C3CCOCC3)nnc2s1. The second-order valence-corrected chi connectivity index (χ2v) is 5.83. The van der Waals surface area contributed by atoms with Gasteiger partial charge in [0.1, 0.15) is 5.01 Å². The number of fused-ring (bicyclic) bond motifs is 1. The lowest BCUT2D eigenvalue weighted by molar-refractivity contribution is 0.0831. The third-order valence-electron chi connectivity index (χ3n) is 3.42. The molecule has 0 saturated carbocycles. The van der Waals surface area contributed by atoms with Crippen molar-refractivity contribution in [3.05, 3.63) is 10.8 Å². The first-order chi connectivity index (χ1) is 9.16. The van der Waals surface area contributed by atoms with Crippen LogP contribution in [0.2, 0.25) is 0 Å². The maximum Gasteiger partial charge on any atom is 0.234 e. The van der Waals surface area contributed by atoms with Crippen LogP contribution >= 0.6 is 11.3 Å². The molecule has 1 fully saturated rings. The monoisotopic (exact) mass is 283 g/mol. The van der Waals surface area contributed by atoms with Gasteiger partial charge in [-0.2, -0.15) is 9.61 Å². The van der Waals surface area contributed by atoms with Crippen LogP contribution in [0.25, 0.3) is 4.96 Å². The number of ether oxygens (including phenoxy) is 1. The molecule has 0 spiro atoms. The zero-order chi connectivity index (χ0) is 13.4. The van der Waals surface area contributed by atoms with Crippen molar-refractivity contribution in [1.29, 1.82) is 0 Å². The van der Waals surface area contributed by atoms with Crippen molar-refractivity contribution in [3.8, 4) is 0 Å². The van der Waals surface area contributed by atoms with Crippen molar-refractivity contribution < 1.29 is 9.84 Å². The Balaban J connectivity index is 1.93. The van der Waals surface area contributed by atoms with E-state index >= 15 is 0 Å². The maximum absolute atomic E-state index is 9.53. The highest BCUT2D eigenvalue weighted by Gasteiger charge is 2.25. The van der Waals surface area contributed by atoms with Crippen LogP contribution in [-0.4, -0.2) is 44.2 Å². The Morgan fingerprint density at radius 2 is 2.16 bits per heavy atom. The number of nitrogens with zero attached hydrogens (tertiary/aromatic N) is 4. The largest absolute Gasteiger partial charge is 0.391 e. The number of hydrogen-bond acceptors (Lipinski definition) is 7. The number of rotatable bonds is 3. The predicted molar refractivity (Wildman–Crippen MR) is 70.1 cm³/mol. The van der Waals surface area contributed by atoms with Gasteiger partial charge in [-0.15, -0.1) is 10.2 Å². The molecule has 0 radical (unpaired) electrons. The van der Waals surface area contributed by atoms with E-state index in [0.29, 0.717) is 10.9 Å². The second kappa shape index (κ2) is 5.12. The van der Waals surface area contributed by atoms with Crippen LogP contribution in [-0.2, 0) is 4.74 Å². The minimum absolute atomic E-state index is 0.335. The van der Waals surface area contributed by atoms with Gasteiger partial charge in [0.25, 0.3) is 0 Å². The smallest absolute Gasteiger partial charge is 0.234 e. The number of aliphatic hydroxyl groups excluding tert-OH is 1. The van der Waals surface area contributed by atoms with Crippen LogP contribution in [0.15, 0.2) is 0 Å². The fourth-order valence-electron chi connectivity index (χ4n) is 2.20. The fourth-order valence-corrected chi connectivity index (χ4v) is 3.14. The van der Waals surface area contributed by atoms with Crippen molar-refractivity contribution in [3.63, 3.8) is 0 Å². The van der Waals surface area contributed by atoms with E-state index < -0.39 is 12.1 Å². The summed E-state index contributed by atoms with van der Waals surface area (Å²) in [4.78, 5) is 0.729. The molecule has 104 valence electrons. The van der Waals surface area contributed by atoms with Gasteiger partial charge in [-0.25, -0.2) is 0 Å². The zero-order valence-corrected chi connectivity index (χ0v) is 11.5. The Labute approximate surface area is 114 Å². The molecule has 2 unspecified atom stereocenters. The molecule has 0 aliphatic carbocycles. The van der Waals surface area contributed by atoms with E-state index in [0.717, 1.165) is 36.8 Å². The lowest BCUT2D eigenvalue weighted by atomic mass is 10.00. The summed E-state index contributed by atoms with van der Waals surface area (Å²) in [5.41, 5.74) is 5.91. The number of aliphatic hydroxyl groups is 1. The third-order valence-corrected chi connectivity index (χ3v) is 4.42. The van der Waals surface area contributed by atoms with Crippen molar-refractivity contribution in [2.24, 2.45) is 5.73 Å². The summed E-state index contributed by atoms with van der Waals surface area (Å²) in [7, 11) is 0. The summed E-state index contributed by atoms with van der Waals surface area (Å²) in [6.07, 6.45) is 1.25. The summed E-state index contributed by atoms with van der Waals surface area (Å²) in [5, 5.41) is 23.0. The first-order valence-electron chi connectivity index (χ1n) is 6.40. The van der Waals surface area contributed by atoms with Crippen LogP contribution in [0.3, 0.4) is 0 Å². The minimum Gasteiger partial charge on any atom is -0.391 e. The normalized spacial score (nSPS) is 20.8. The van der Waals surface area contributed by atoms with Crippen molar-refractivity contribution in [2.75, 3.05) is 13.2 Å². The van der Waals surface area contributed by atoms with Gasteiger partial charge in [0.15, 0.2) is 5.82 Å². The van der Waals surface area contributed by atoms with E-state index in [4.69, 9.17) is 10.5 Å². The standard InChI is InChI=1S/C11H17N5O2S/c1-6(17)8(12)10-15-16-9(13-14-11(16)19-10)7-2-4-18-5-3-7/h6-8,17H,2-5,12H2,1H3. The highest BCUT2D eigenvalue weighted by Crippen LogP contribution is 2.28. The summed E-state index contributed by atoms with van der Waals surface area (Å²) < 4.78 is 7.12. The van der Waals surface area contributed by atoms with Crippen LogP contribution in [0.4, 0.5) is 0 Å². The lowest BCUT2D eigenvalue weighted by Crippen LogP contribution is -2.23. The Kier molecular flexibility index (Phi) is 3.48. The second-order valence-electron chi connectivity index (χ2n) is 4.85. The molecule has 8 heteroatoms. The molecule has 1 aliphatic rings. The van der Waals surface area contributed by atoms with E-state index in [2.05, 4.69) is 15.3 Å². The molecular weight excluding hydrogens is 266 g/mol. The Hall–Kier alpha value is -1.09. The van der Waals surface area contributed by atoms with Crippen LogP contribution in [0.5, 0.6) is 0 Å². The molecule has 1 saturated heterocycles. The molecule has 2 aromatic heterocycles. The van der Waals surface area contributed by atoms with Gasteiger partial charge in [0.05, 0.1) is 12.1 Å². The molecule has 3 N–H and O–H groups in total. The van der Waals surface area contributed by atoms with Gasteiger partial charge in [0.2, 0.25) is 4.96 Å². The van der Waals surface area contributed by atoms with Crippen LogP contribution in [0.1, 0.15) is 42.6 Å². The van der Waals surface area contributed by atoms with Gasteiger partial charge in [-0.3, -0.25) is 0 Å². The summed E-state index contributed by atoms with van der Waals surface area (Å²) in [6, 6.07) is -0.478. The molecule has 1 aliphatic heterocycles. The molecule has 19 heavy (non-hydrogen) atoms. The first-order valence-corrected chi connectivity index (χ1v) is 7.22. The Bertz CT molecular complexity index is 560. The van der Waals surface area contributed by atoms with Gasteiger partial charge in [0, 0.05) is 19.1 Å². The van der Waals surface area contributed by atoms with Crippen molar-refractivity contribution in [2.45, 2.75) is 37.8 Å². The summed E-state index contributed by atoms with van der Waals surface area (Å²) in [6.45, 7) is 3.17. The van der Waals surface area contributed by atoms with Crippen LogP contribution in [0, 0.1) is 0 Å². The Morgan fingerprint density at radius 1 is 1.42 bits per heavy atom. The predicted octanol–water partition coefficient (Wildman–Crippen LogP) is 0.460. The van der Waals surface area contributed by atoms with E-state index in [-0.39, 0.29) is 0 Å². The molecule has 2 aromatic rings. The molecule has 0 aromatic carbocycles. The van der Waals surface area contributed by atoms with Crippen LogP contribution < -0.4 is 5.73 Å². The molecule has 7 nitrogen and oxygen atoms in total. The Morgan fingerprint density at radius 3 is 2.84 bits per heavy atom. The zero-order valence-electron chi connectivity index (χ0n) is 10.7. The van der Waals surface area contributed by atoms with Crippen molar-refractivity contribution >= 4 is 16.3 Å². The lowest BCUT2D eigenvalue weighted by Gasteiger charge is -2.19. The van der Waals surface area contributed by atoms with Gasteiger partial charge < -0.3 is 15.6 Å². The summed E-state index contributed by atoms with van der Waals surface area (Å²) >= 11 is 1.38. The fraction of sp³-hybridized carbons (Fsp3) is 0.727. The topological polar surface area (TPSA) is 98.6 Å². The molecule has 2 atom stereocenters. The van der Waals surface area contributed by atoms with Gasteiger partial charge >= 0.3 is 0 Å². The molecule has 0 bridgehead atoms. The molecule has 3 heterocycles. The summed E-state index contributed by atoms with van der Waals surface area (Å²) in [5.74, 6) is 1.21. The highest BCUT2D eigenvalue weighted by atomic mass is 32.1. The van der Waals surface area contributed by atoms with Crippen molar-refractivity contribution in [1.82, 2.24) is 19.8 Å². The average Bonchev–Trinajstić information content (AvgIpc) is 2.98. The maximum atomic E-state index is 9.53. The quantitative estimate of drug-likeness (QED) is 0.849. The molecular formula is C11H17N5O2S. The van der Waals surface area contributed by atoms with Gasteiger partial charge in [-0.05, 0) is 19.8 Å². The average molecular weight is 283 g/mol. The highest BCUT2D eigenvalue weighted by molar-refractivity contribution is 7.16. The number of hydrogen-bond donors (Lipinski definition) is 2. The third kappa shape index (κ3) is 2.36. The number of aromatic nitrogens is 4. The number of nitrogens with two attached hydrogens (primary N) is 1. The van der Waals surface area contributed by atoms with E-state index in [1.54, 1.807) is 11.4 Å². The van der Waals surface area contributed by atoms with E-state index in [1.807, 2.05) is 0 Å². The first kappa shape index (κ1) is 12.9. The van der Waals surface area contributed by atoms with E-state index in [1.165, 1.54) is 11.3 Å². The van der Waals surface area contributed by atoms with Gasteiger partial charge in [-0.1, -0.05) is 11.3 Å². The molecule has 3 rings (SSSR count). The minimum atomic E-state index is -0.629.